The highest BCUT2D eigenvalue weighted by Crippen LogP contribution is 2.36. The van der Waals surface area contributed by atoms with Crippen LogP contribution in [0, 0.1) is 11.3 Å². The van der Waals surface area contributed by atoms with Crippen molar-refractivity contribution in [2.45, 2.75) is 45.6 Å². The summed E-state index contributed by atoms with van der Waals surface area (Å²) in [5.41, 5.74) is 7.50. The molecule has 2 atom stereocenters. The molecule has 0 aromatic heterocycles. The summed E-state index contributed by atoms with van der Waals surface area (Å²) in [5.74, 6) is -0.142. The van der Waals surface area contributed by atoms with Gasteiger partial charge in [-0.2, -0.15) is 0 Å². The van der Waals surface area contributed by atoms with E-state index < -0.39 is 0 Å². The van der Waals surface area contributed by atoms with Crippen LogP contribution in [0.4, 0.5) is 0 Å². The van der Waals surface area contributed by atoms with E-state index in [1.54, 1.807) is 0 Å². The number of nitrogens with one attached hydrogen (secondary N) is 1. The van der Waals surface area contributed by atoms with Crippen molar-refractivity contribution in [1.82, 2.24) is 5.32 Å². The number of rotatable bonds is 5. The second-order valence-corrected chi connectivity index (χ2v) is 6.46. The molecule has 118 valence electrons. The van der Waals surface area contributed by atoms with Gasteiger partial charge in [-0.25, -0.2) is 0 Å². The summed E-state index contributed by atoms with van der Waals surface area (Å²) in [4.78, 5) is 12.3. The third kappa shape index (κ3) is 4.72. The monoisotopic (exact) mass is 310 g/mol. The lowest BCUT2D eigenvalue weighted by molar-refractivity contribution is -0.125. The summed E-state index contributed by atoms with van der Waals surface area (Å²) in [6, 6.07) is 9.59. The molecule has 0 bridgehead atoms. The molecule has 0 spiro atoms. The van der Waals surface area contributed by atoms with Gasteiger partial charge in [-0.1, -0.05) is 57.0 Å². The van der Waals surface area contributed by atoms with E-state index in [1.165, 1.54) is 25.7 Å². The van der Waals surface area contributed by atoms with Crippen LogP contribution in [-0.2, 0) is 4.79 Å². The van der Waals surface area contributed by atoms with E-state index in [0.29, 0.717) is 0 Å². The van der Waals surface area contributed by atoms with Crippen LogP contribution >= 0.6 is 12.4 Å². The van der Waals surface area contributed by atoms with E-state index in [9.17, 15) is 4.79 Å². The molecule has 3 N–H and O–H groups in total. The first-order valence-corrected chi connectivity index (χ1v) is 7.60. The molecule has 1 aromatic rings. The normalized spacial score (nSPS) is 19.4. The van der Waals surface area contributed by atoms with Crippen LogP contribution in [0.2, 0.25) is 0 Å². The molecule has 21 heavy (non-hydrogen) atoms. The second-order valence-electron chi connectivity index (χ2n) is 6.46. The third-order valence-corrected chi connectivity index (χ3v) is 4.64. The molecule has 4 heteroatoms. The number of halogens is 1. The Kier molecular flexibility index (Phi) is 6.69. The molecule has 2 rings (SSSR count). The van der Waals surface area contributed by atoms with E-state index in [1.807, 2.05) is 37.3 Å². The van der Waals surface area contributed by atoms with Crippen LogP contribution in [0.25, 0.3) is 0 Å². The van der Waals surface area contributed by atoms with Gasteiger partial charge >= 0.3 is 0 Å². The fourth-order valence-electron chi connectivity index (χ4n) is 2.99. The number of hydrogen-bond donors (Lipinski definition) is 2. The van der Waals surface area contributed by atoms with Crippen LogP contribution in [-0.4, -0.2) is 12.5 Å². The molecule has 3 nitrogen and oxygen atoms in total. The third-order valence-electron chi connectivity index (χ3n) is 4.64. The highest BCUT2D eigenvalue weighted by atomic mass is 35.5. The van der Waals surface area contributed by atoms with E-state index in [2.05, 4.69) is 12.2 Å². The highest BCUT2D eigenvalue weighted by molar-refractivity contribution is 5.85. The van der Waals surface area contributed by atoms with Gasteiger partial charge in [0.25, 0.3) is 0 Å². The van der Waals surface area contributed by atoms with Crippen molar-refractivity contribution in [2.75, 3.05) is 6.54 Å². The first kappa shape index (κ1) is 18.0. The molecule has 0 radical (unpaired) electrons. The fraction of sp³-hybridized carbons (Fsp3) is 0.588. The van der Waals surface area contributed by atoms with Gasteiger partial charge in [0.15, 0.2) is 0 Å². The molecule has 1 saturated carbocycles. The van der Waals surface area contributed by atoms with Crippen LogP contribution in [0.3, 0.4) is 0 Å². The fourth-order valence-corrected chi connectivity index (χ4v) is 2.99. The van der Waals surface area contributed by atoms with E-state index in [0.717, 1.165) is 12.1 Å². The minimum atomic E-state index is -0.243. The summed E-state index contributed by atoms with van der Waals surface area (Å²) >= 11 is 0. The Bertz CT molecular complexity index is 443. The summed E-state index contributed by atoms with van der Waals surface area (Å²) in [5, 5.41) is 3.10. The van der Waals surface area contributed by atoms with Gasteiger partial charge in [0.1, 0.15) is 0 Å². The van der Waals surface area contributed by atoms with Gasteiger partial charge in [-0.05, 0) is 23.8 Å². The molecule has 0 saturated heterocycles. The maximum atomic E-state index is 12.3. The highest BCUT2D eigenvalue weighted by Gasteiger charge is 2.30. The quantitative estimate of drug-likeness (QED) is 0.875. The van der Waals surface area contributed by atoms with Crippen molar-refractivity contribution in [3.05, 3.63) is 35.9 Å². The Morgan fingerprint density at radius 3 is 2.43 bits per heavy atom. The zero-order valence-corrected chi connectivity index (χ0v) is 13.8. The van der Waals surface area contributed by atoms with Gasteiger partial charge in [0, 0.05) is 12.6 Å². The summed E-state index contributed by atoms with van der Waals surface area (Å²) in [7, 11) is 0. The molecular formula is C17H27ClN2O. The Labute approximate surface area is 134 Å². The van der Waals surface area contributed by atoms with E-state index in [-0.39, 0.29) is 35.7 Å². The van der Waals surface area contributed by atoms with Crippen LogP contribution in [0.5, 0.6) is 0 Å². The van der Waals surface area contributed by atoms with Crippen molar-refractivity contribution in [2.24, 2.45) is 17.1 Å². The molecule has 0 aliphatic heterocycles. The second kappa shape index (κ2) is 7.81. The van der Waals surface area contributed by atoms with Gasteiger partial charge in [-0.15, -0.1) is 12.4 Å². The number of amides is 1. The lowest BCUT2D eigenvalue weighted by Gasteiger charge is -2.26. The number of hydrogen-bond acceptors (Lipinski definition) is 2. The Hall–Kier alpha value is -1.06. The van der Waals surface area contributed by atoms with Gasteiger partial charge in [-0.3, -0.25) is 4.79 Å². The molecule has 2 unspecified atom stereocenters. The number of carbonyl (C=O) groups is 1. The van der Waals surface area contributed by atoms with Crippen LogP contribution in [0.1, 0.15) is 51.1 Å². The maximum Gasteiger partial charge on any atom is 0.224 e. The van der Waals surface area contributed by atoms with E-state index >= 15 is 0 Å². The molecule has 0 heterocycles. The van der Waals surface area contributed by atoms with Crippen molar-refractivity contribution in [3.63, 3.8) is 0 Å². The van der Waals surface area contributed by atoms with Crippen LogP contribution in [0.15, 0.2) is 30.3 Å². The smallest absolute Gasteiger partial charge is 0.224 e. The van der Waals surface area contributed by atoms with Gasteiger partial charge in [0.2, 0.25) is 5.91 Å². The van der Waals surface area contributed by atoms with Crippen molar-refractivity contribution in [1.29, 1.82) is 0 Å². The molecule has 1 aliphatic carbocycles. The lowest BCUT2D eigenvalue weighted by atomic mass is 9.88. The largest absolute Gasteiger partial charge is 0.355 e. The first-order chi connectivity index (χ1) is 9.52. The standard InChI is InChI=1S/C17H26N2O.ClH/c1-13(15(18)14-8-4-3-5-9-14)16(20)19-12-17(2)10-6-7-11-17;/h3-5,8-9,13,15H,6-7,10-12,18H2,1-2H3,(H,19,20);1H. The molecule has 1 aliphatic rings. The predicted octanol–water partition coefficient (Wildman–Crippen LogP) is 3.44. The molecule has 1 amide bonds. The summed E-state index contributed by atoms with van der Waals surface area (Å²) < 4.78 is 0. The van der Waals surface area contributed by atoms with Crippen molar-refractivity contribution < 1.29 is 4.79 Å². The Morgan fingerprint density at radius 1 is 1.29 bits per heavy atom. The average molecular weight is 311 g/mol. The Morgan fingerprint density at radius 2 is 1.86 bits per heavy atom. The van der Waals surface area contributed by atoms with Crippen LogP contribution < -0.4 is 11.1 Å². The zero-order valence-electron chi connectivity index (χ0n) is 13.0. The zero-order chi connectivity index (χ0) is 14.6. The summed E-state index contributed by atoms with van der Waals surface area (Å²) in [6.07, 6.45) is 5.00. The van der Waals surface area contributed by atoms with E-state index in [4.69, 9.17) is 5.73 Å². The maximum absolute atomic E-state index is 12.3. The van der Waals surface area contributed by atoms with Crippen molar-refractivity contribution in [3.8, 4) is 0 Å². The lowest BCUT2D eigenvalue weighted by Crippen LogP contribution is -2.40. The van der Waals surface area contributed by atoms with Gasteiger partial charge < -0.3 is 11.1 Å². The molecule has 1 aromatic carbocycles. The predicted molar refractivity (Wildman–Crippen MR) is 89.4 cm³/mol. The number of nitrogens with two attached hydrogens (primary N) is 1. The average Bonchev–Trinajstić information content (AvgIpc) is 2.91. The number of carbonyl (C=O) groups excluding carboxylic acids is 1. The topological polar surface area (TPSA) is 55.1 Å². The Balaban J connectivity index is 0.00000220. The minimum Gasteiger partial charge on any atom is -0.355 e. The van der Waals surface area contributed by atoms with Gasteiger partial charge in [0.05, 0.1) is 5.92 Å². The number of benzene rings is 1. The minimum absolute atomic E-state index is 0. The SMILES string of the molecule is CC(C(=O)NCC1(C)CCCC1)C(N)c1ccccc1.Cl. The molecule has 1 fully saturated rings. The van der Waals surface area contributed by atoms with Crippen molar-refractivity contribution >= 4 is 18.3 Å². The first-order valence-electron chi connectivity index (χ1n) is 7.60. The molecular weight excluding hydrogens is 284 g/mol. The summed E-state index contributed by atoms with van der Waals surface area (Å²) in [6.45, 7) is 4.95.